The van der Waals surface area contributed by atoms with Gasteiger partial charge in [-0.15, -0.1) is 0 Å². The second kappa shape index (κ2) is 7.00. The molecule has 26 heavy (non-hydrogen) atoms. The van der Waals surface area contributed by atoms with Crippen LogP contribution in [-0.4, -0.2) is 21.6 Å². The Labute approximate surface area is 158 Å². The van der Waals surface area contributed by atoms with Gasteiger partial charge in [-0.1, -0.05) is 35.7 Å². The maximum atomic E-state index is 12.5. The third kappa shape index (κ3) is 3.91. The molecule has 6 nitrogen and oxygen atoms in total. The van der Waals surface area contributed by atoms with Crippen LogP contribution in [0.1, 0.15) is 74.4 Å². The summed E-state index contributed by atoms with van der Waals surface area (Å²) in [5.41, 5.74) is 5.77. The minimum absolute atomic E-state index is 0.0388. The molecule has 1 aromatic carbocycles. The standard InChI is InChI=1S/C19H25ClN4O2/c1-18(2,23-15(25)12-7-6-8-13(20)11-12)17-22-16(26-24-17)14-9-4-5-10-19(14,3)21/h6-8,11,14H,4-5,9-10,21H2,1-3H3,(H,23,25). The van der Waals surface area contributed by atoms with Gasteiger partial charge in [-0.25, -0.2) is 0 Å². The van der Waals surface area contributed by atoms with E-state index in [9.17, 15) is 4.79 Å². The van der Waals surface area contributed by atoms with Crippen LogP contribution in [0.3, 0.4) is 0 Å². The van der Waals surface area contributed by atoms with Gasteiger partial charge in [-0.2, -0.15) is 4.98 Å². The third-order valence-electron chi connectivity index (χ3n) is 5.07. The van der Waals surface area contributed by atoms with Crippen LogP contribution in [0.5, 0.6) is 0 Å². The summed E-state index contributed by atoms with van der Waals surface area (Å²) in [5.74, 6) is 0.779. The van der Waals surface area contributed by atoms with E-state index < -0.39 is 5.54 Å². The lowest BCUT2D eigenvalue weighted by molar-refractivity contribution is 0.0907. The molecule has 1 aliphatic carbocycles. The summed E-state index contributed by atoms with van der Waals surface area (Å²) < 4.78 is 5.52. The SMILES string of the molecule is CC(C)(NC(=O)c1cccc(Cl)c1)c1noc(C2CCCCC2(C)N)n1. The first-order valence-electron chi connectivity index (χ1n) is 8.90. The fraction of sp³-hybridized carbons (Fsp3) is 0.526. The minimum atomic E-state index is -0.791. The molecule has 2 aromatic rings. The summed E-state index contributed by atoms with van der Waals surface area (Å²) in [6.07, 6.45) is 4.09. The maximum Gasteiger partial charge on any atom is 0.252 e. The lowest BCUT2D eigenvalue weighted by Gasteiger charge is -2.35. The first-order chi connectivity index (χ1) is 12.2. The van der Waals surface area contributed by atoms with Crippen molar-refractivity contribution in [2.24, 2.45) is 5.73 Å². The zero-order valence-corrected chi connectivity index (χ0v) is 16.1. The zero-order chi connectivity index (χ0) is 18.9. The number of rotatable bonds is 4. The second-order valence-corrected chi connectivity index (χ2v) is 8.29. The summed E-state index contributed by atoms with van der Waals surface area (Å²) in [6, 6.07) is 6.79. The highest BCUT2D eigenvalue weighted by Gasteiger charge is 2.39. The highest BCUT2D eigenvalue weighted by molar-refractivity contribution is 6.30. The van der Waals surface area contributed by atoms with Gasteiger partial charge in [-0.3, -0.25) is 4.79 Å². The molecular weight excluding hydrogens is 352 g/mol. The number of nitrogens with one attached hydrogen (secondary N) is 1. The number of hydrogen-bond donors (Lipinski definition) is 2. The van der Waals surface area contributed by atoms with Crippen LogP contribution in [0.15, 0.2) is 28.8 Å². The first kappa shape index (κ1) is 18.9. The molecule has 3 rings (SSSR count). The molecule has 0 saturated heterocycles. The van der Waals surface area contributed by atoms with Crippen molar-refractivity contribution in [2.75, 3.05) is 0 Å². The van der Waals surface area contributed by atoms with E-state index in [0.29, 0.717) is 22.3 Å². The van der Waals surface area contributed by atoms with E-state index in [4.69, 9.17) is 21.9 Å². The Morgan fingerprint density at radius 1 is 1.42 bits per heavy atom. The predicted octanol–water partition coefficient (Wildman–Crippen LogP) is 3.76. The number of halogens is 1. The molecule has 3 N–H and O–H groups in total. The highest BCUT2D eigenvalue weighted by atomic mass is 35.5. The van der Waals surface area contributed by atoms with E-state index in [2.05, 4.69) is 15.5 Å². The van der Waals surface area contributed by atoms with Gasteiger partial charge in [0.15, 0.2) is 5.82 Å². The second-order valence-electron chi connectivity index (χ2n) is 7.85. The van der Waals surface area contributed by atoms with Gasteiger partial charge in [0.2, 0.25) is 5.89 Å². The molecule has 0 aliphatic heterocycles. The Kier molecular flexibility index (Phi) is 5.08. The number of carbonyl (C=O) groups is 1. The van der Waals surface area contributed by atoms with E-state index in [-0.39, 0.29) is 17.4 Å². The average molecular weight is 377 g/mol. The summed E-state index contributed by atoms with van der Waals surface area (Å²) in [4.78, 5) is 17.1. The van der Waals surface area contributed by atoms with Crippen LogP contribution in [0.25, 0.3) is 0 Å². The third-order valence-corrected chi connectivity index (χ3v) is 5.30. The van der Waals surface area contributed by atoms with Gasteiger partial charge in [0.05, 0.1) is 11.5 Å². The van der Waals surface area contributed by atoms with E-state index in [0.717, 1.165) is 25.7 Å². The van der Waals surface area contributed by atoms with Crippen LogP contribution in [0, 0.1) is 0 Å². The molecule has 0 spiro atoms. The van der Waals surface area contributed by atoms with Crippen molar-refractivity contribution < 1.29 is 9.32 Å². The van der Waals surface area contributed by atoms with Gasteiger partial charge in [0, 0.05) is 16.1 Å². The largest absolute Gasteiger partial charge is 0.340 e. The number of nitrogens with zero attached hydrogens (tertiary/aromatic N) is 2. The number of benzene rings is 1. The van der Waals surface area contributed by atoms with Crippen LogP contribution in [0.2, 0.25) is 5.02 Å². The van der Waals surface area contributed by atoms with Crippen LogP contribution >= 0.6 is 11.6 Å². The van der Waals surface area contributed by atoms with Gasteiger partial charge in [0.25, 0.3) is 5.91 Å². The lowest BCUT2D eigenvalue weighted by atomic mass is 9.74. The normalized spacial score (nSPS) is 23.7. The van der Waals surface area contributed by atoms with Gasteiger partial charge < -0.3 is 15.6 Å². The average Bonchev–Trinajstić information content (AvgIpc) is 3.04. The van der Waals surface area contributed by atoms with Crippen molar-refractivity contribution in [1.29, 1.82) is 0 Å². The number of amides is 1. The van der Waals surface area contributed by atoms with Crippen LogP contribution in [0.4, 0.5) is 0 Å². The van der Waals surface area contributed by atoms with E-state index in [1.54, 1.807) is 24.3 Å². The number of aromatic nitrogens is 2. The lowest BCUT2D eigenvalue weighted by Crippen LogP contribution is -2.45. The first-order valence-corrected chi connectivity index (χ1v) is 9.28. The molecule has 7 heteroatoms. The number of hydrogen-bond acceptors (Lipinski definition) is 5. The summed E-state index contributed by atoms with van der Waals surface area (Å²) in [5, 5.41) is 7.56. The van der Waals surface area contributed by atoms with E-state index >= 15 is 0 Å². The Balaban J connectivity index is 1.78. The number of carbonyl (C=O) groups excluding carboxylic acids is 1. The predicted molar refractivity (Wildman–Crippen MR) is 100 cm³/mol. The molecule has 1 aromatic heterocycles. The summed E-state index contributed by atoms with van der Waals surface area (Å²) >= 11 is 5.96. The Morgan fingerprint density at radius 3 is 2.88 bits per heavy atom. The van der Waals surface area contributed by atoms with Crippen LogP contribution < -0.4 is 11.1 Å². The molecule has 1 aliphatic rings. The monoisotopic (exact) mass is 376 g/mol. The van der Waals surface area contributed by atoms with Gasteiger partial charge in [0.1, 0.15) is 0 Å². The van der Waals surface area contributed by atoms with Gasteiger partial charge >= 0.3 is 0 Å². The molecule has 1 amide bonds. The minimum Gasteiger partial charge on any atom is -0.340 e. The smallest absolute Gasteiger partial charge is 0.252 e. The topological polar surface area (TPSA) is 94.0 Å². The Morgan fingerprint density at radius 2 is 2.19 bits per heavy atom. The van der Waals surface area contributed by atoms with Crippen molar-refractivity contribution in [3.05, 3.63) is 46.6 Å². The quantitative estimate of drug-likeness (QED) is 0.847. The van der Waals surface area contributed by atoms with Crippen molar-refractivity contribution >= 4 is 17.5 Å². The zero-order valence-electron chi connectivity index (χ0n) is 15.4. The molecule has 2 unspecified atom stereocenters. The van der Waals surface area contributed by atoms with Crippen molar-refractivity contribution in [3.8, 4) is 0 Å². The fourth-order valence-corrected chi connectivity index (χ4v) is 3.63. The van der Waals surface area contributed by atoms with E-state index in [1.165, 1.54) is 0 Å². The number of nitrogens with two attached hydrogens (primary N) is 1. The van der Waals surface area contributed by atoms with Gasteiger partial charge in [-0.05, 0) is 51.8 Å². The van der Waals surface area contributed by atoms with Crippen molar-refractivity contribution in [3.63, 3.8) is 0 Å². The molecule has 1 saturated carbocycles. The molecule has 1 fully saturated rings. The van der Waals surface area contributed by atoms with Crippen molar-refractivity contribution in [2.45, 2.75) is 63.5 Å². The van der Waals surface area contributed by atoms with E-state index in [1.807, 2.05) is 20.8 Å². The van der Waals surface area contributed by atoms with Crippen LogP contribution in [-0.2, 0) is 5.54 Å². The fourth-order valence-electron chi connectivity index (χ4n) is 3.44. The highest BCUT2D eigenvalue weighted by Crippen LogP contribution is 2.38. The molecular formula is C19H25ClN4O2. The summed E-state index contributed by atoms with van der Waals surface area (Å²) in [7, 11) is 0. The molecule has 1 heterocycles. The Bertz CT molecular complexity index is 800. The molecule has 0 bridgehead atoms. The molecule has 0 radical (unpaired) electrons. The molecule has 2 atom stereocenters. The van der Waals surface area contributed by atoms with Crippen molar-refractivity contribution in [1.82, 2.24) is 15.5 Å². The Hall–Kier alpha value is -1.92. The molecule has 140 valence electrons. The maximum absolute atomic E-state index is 12.5. The summed E-state index contributed by atoms with van der Waals surface area (Å²) in [6.45, 7) is 5.71.